The van der Waals surface area contributed by atoms with Gasteiger partial charge in [-0.2, -0.15) is 0 Å². The van der Waals surface area contributed by atoms with E-state index in [1.165, 1.54) is 0 Å². The van der Waals surface area contributed by atoms with E-state index in [-0.39, 0.29) is 5.88 Å². The van der Waals surface area contributed by atoms with Gasteiger partial charge in [0.15, 0.2) is 0 Å². The predicted molar refractivity (Wildman–Crippen MR) is 54.5 cm³/mol. The smallest absolute Gasteiger partial charge is 0.121 e. The molecule has 0 atom stereocenters. The van der Waals surface area contributed by atoms with Gasteiger partial charge < -0.3 is 5.73 Å². The highest BCUT2D eigenvalue weighted by Crippen LogP contribution is 2.21. The van der Waals surface area contributed by atoms with Gasteiger partial charge in [0.05, 0.1) is 17.3 Å². The molecular formula is C8H8Cl2N2. The van der Waals surface area contributed by atoms with Crippen molar-refractivity contribution in [2.45, 2.75) is 0 Å². The molecule has 0 saturated carbocycles. The third-order valence-electron chi connectivity index (χ3n) is 1.29. The Kier molecular flexibility index (Phi) is 3.38. The fourth-order valence-corrected chi connectivity index (χ4v) is 0.901. The zero-order valence-electron chi connectivity index (χ0n) is 6.30. The molecule has 0 aromatic heterocycles. The summed E-state index contributed by atoms with van der Waals surface area (Å²) in [6.45, 7) is 0. The maximum atomic E-state index is 5.63. The average molecular weight is 203 g/mol. The Morgan fingerprint density at radius 3 is 2.67 bits per heavy atom. The number of hydrogen-bond donors (Lipinski definition) is 1. The standard InChI is InChI=1S/C8H8Cl2N2/c9-5-8(10)12-7-4-2-1-3-6(7)11/h1-4H,5,11H2. The fourth-order valence-electron chi connectivity index (χ4n) is 0.750. The molecule has 0 spiro atoms. The largest absolute Gasteiger partial charge is 0.397 e. The summed E-state index contributed by atoms with van der Waals surface area (Å²) in [4.78, 5) is 4.00. The second kappa shape index (κ2) is 4.33. The summed E-state index contributed by atoms with van der Waals surface area (Å²) in [6, 6.07) is 7.22. The van der Waals surface area contributed by atoms with Crippen LogP contribution in [-0.2, 0) is 0 Å². The van der Waals surface area contributed by atoms with E-state index in [0.29, 0.717) is 16.5 Å². The summed E-state index contributed by atoms with van der Waals surface area (Å²) < 4.78 is 0. The van der Waals surface area contributed by atoms with E-state index in [4.69, 9.17) is 28.9 Å². The number of nitrogen functional groups attached to an aromatic ring is 1. The van der Waals surface area contributed by atoms with Crippen LogP contribution in [0.2, 0.25) is 0 Å². The van der Waals surface area contributed by atoms with Crippen molar-refractivity contribution in [3.63, 3.8) is 0 Å². The van der Waals surface area contributed by atoms with Gasteiger partial charge in [-0.05, 0) is 12.1 Å². The highest BCUT2D eigenvalue weighted by atomic mass is 35.5. The van der Waals surface area contributed by atoms with Crippen LogP contribution in [0.4, 0.5) is 11.4 Å². The molecule has 0 amide bonds. The molecule has 12 heavy (non-hydrogen) atoms. The Bertz CT molecular complexity index is 297. The van der Waals surface area contributed by atoms with E-state index >= 15 is 0 Å². The lowest BCUT2D eigenvalue weighted by Crippen LogP contribution is -1.89. The van der Waals surface area contributed by atoms with Crippen LogP contribution in [-0.4, -0.2) is 11.1 Å². The van der Waals surface area contributed by atoms with Gasteiger partial charge in [-0.1, -0.05) is 23.7 Å². The van der Waals surface area contributed by atoms with E-state index in [9.17, 15) is 0 Å². The number of para-hydroxylation sites is 2. The lowest BCUT2D eigenvalue weighted by molar-refractivity contribution is 1.52. The second-order valence-corrected chi connectivity index (χ2v) is 2.88. The quantitative estimate of drug-likeness (QED) is 0.448. The molecule has 2 N–H and O–H groups in total. The summed E-state index contributed by atoms with van der Waals surface area (Å²) in [5, 5.41) is 0.342. The Morgan fingerprint density at radius 2 is 2.08 bits per heavy atom. The maximum absolute atomic E-state index is 5.63. The van der Waals surface area contributed by atoms with Crippen LogP contribution in [0.3, 0.4) is 0 Å². The van der Waals surface area contributed by atoms with Crippen molar-refractivity contribution < 1.29 is 0 Å². The van der Waals surface area contributed by atoms with Crippen molar-refractivity contribution in [1.29, 1.82) is 0 Å². The second-order valence-electron chi connectivity index (χ2n) is 2.18. The first kappa shape index (κ1) is 9.36. The number of hydrogen-bond acceptors (Lipinski definition) is 2. The molecule has 0 fully saturated rings. The van der Waals surface area contributed by atoms with Gasteiger partial charge in [-0.25, -0.2) is 4.99 Å². The first-order valence-electron chi connectivity index (χ1n) is 3.37. The van der Waals surface area contributed by atoms with Crippen LogP contribution >= 0.6 is 23.2 Å². The van der Waals surface area contributed by atoms with Crippen LogP contribution < -0.4 is 5.73 Å². The van der Waals surface area contributed by atoms with Crippen LogP contribution in [0.25, 0.3) is 0 Å². The van der Waals surface area contributed by atoms with Gasteiger partial charge in [0.1, 0.15) is 5.17 Å². The van der Waals surface area contributed by atoms with Crippen LogP contribution in [0.5, 0.6) is 0 Å². The minimum absolute atomic E-state index is 0.204. The van der Waals surface area contributed by atoms with Gasteiger partial charge >= 0.3 is 0 Å². The molecule has 0 radical (unpaired) electrons. The van der Waals surface area contributed by atoms with Crippen LogP contribution in [0, 0.1) is 0 Å². The lowest BCUT2D eigenvalue weighted by atomic mass is 10.3. The third kappa shape index (κ3) is 2.40. The van der Waals surface area contributed by atoms with E-state index in [0.717, 1.165) is 0 Å². The molecular weight excluding hydrogens is 195 g/mol. The van der Waals surface area contributed by atoms with E-state index in [1.54, 1.807) is 12.1 Å². The van der Waals surface area contributed by atoms with Crippen molar-refractivity contribution in [3.05, 3.63) is 24.3 Å². The highest BCUT2D eigenvalue weighted by molar-refractivity contribution is 6.69. The lowest BCUT2D eigenvalue weighted by Gasteiger charge is -1.98. The zero-order valence-corrected chi connectivity index (χ0v) is 7.81. The molecule has 64 valence electrons. The van der Waals surface area contributed by atoms with Crippen LogP contribution in [0.1, 0.15) is 0 Å². The molecule has 0 unspecified atom stereocenters. The monoisotopic (exact) mass is 202 g/mol. The number of alkyl halides is 1. The number of benzene rings is 1. The summed E-state index contributed by atoms with van der Waals surface area (Å²) in [6.07, 6.45) is 0. The highest BCUT2D eigenvalue weighted by Gasteiger charge is 1.96. The minimum Gasteiger partial charge on any atom is -0.397 e. The number of halogens is 2. The molecule has 1 rings (SSSR count). The molecule has 1 aromatic rings. The van der Waals surface area contributed by atoms with Crippen molar-refractivity contribution >= 4 is 39.7 Å². The van der Waals surface area contributed by atoms with Gasteiger partial charge in [0, 0.05) is 0 Å². The summed E-state index contributed by atoms with van der Waals surface area (Å²) >= 11 is 11.1. The van der Waals surface area contributed by atoms with Crippen molar-refractivity contribution in [2.75, 3.05) is 11.6 Å². The zero-order chi connectivity index (χ0) is 8.97. The van der Waals surface area contributed by atoms with Gasteiger partial charge in [-0.15, -0.1) is 11.6 Å². The molecule has 0 aliphatic rings. The topological polar surface area (TPSA) is 38.4 Å². The predicted octanol–water partition coefficient (Wildman–Crippen LogP) is 2.78. The van der Waals surface area contributed by atoms with E-state index in [1.807, 2.05) is 12.1 Å². The van der Waals surface area contributed by atoms with Crippen LogP contribution in [0.15, 0.2) is 29.3 Å². The Balaban J connectivity index is 2.96. The Hall–Kier alpha value is -0.730. The Labute approximate surface area is 81.0 Å². The molecule has 2 nitrogen and oxygen atoms in total. The molecule has 0 heterocycles. The van der Waals surface area contributed by atoms with Crippen molar-refractivity contribution in [1.82, 2.24) is 0 Å². The summed E-state index contributed by atoms with van der Waals surface area (Å²) in [5.74, 6) is 0.204. The number of rotatable bonds is 2. The average Bonchev–Trinajstić information content (AvgIpc) is 2.09. The fraction of sp³-hybridized carbons (Fsp3) is 0.125. The van der Waals surface area contributed by atoms with Gasteiger partial charge in [0.25, 0.3) is 0 Å². The van der Waals surface area contributed by atoms with Gasteiger partial charge in [-0.3, -0.25) is 0 Å². The van der Waals surface area contributed by atoms with Crippen molar-refractivity contribution in [2.24, 2.45) is 4.99 Å². The number of nitrogens with two attached hydrogens (primary N) is 1. The van der Waals surface area contributed by atoms with Crippen molar-refractivity contribution in [3.8, 4) is 0 Å². The molecule has 1 aromatic carbocycles. The Morgan fingerprint density at radius 1 is 1.42 bits per heavy atom. The number of anilines is 1. The molecule has 0 aliphatic carbocycles. The third-order valence-corrected chi connectivity index (χ3v) is 1.90. The first-order valence-corrected chi connectivity index (χ1v) is 4.29. The molecule has 0 saturated heterocycles. The van der Waals surface area contributed by atoms with E-state index < -0.39 is 0 Å². The number of aliphatic imine (C=N–C) groups is 1. The SMILES string of the molecule is Nc1ccccc1N=C(Cl)CCl. The normalized spacial score (nSPS) is 11.7. The van der Waals surface area contributed by atoms with Gasteiger partial charge in [0.2, 0.25) is 0 Å². The molecule has 0 aliphatic heterocycles. The van der Waals surface area contributed by atoms with E-state index in [2.05, 4.69) is 4.99 Å². The molecule has 4 heteroatoms. The minimum atomic E-state index is 0.204. The maximum Gasteiger partial charge on any atom is 0.121 e. The summed E-state index contributed by atoms with van der Waals surface area (Å²) in [5.41, 5.74) is 6.87. The number of nitrogens with zero attached hydrogens (tertiary/aromatic N) is 1. The summed E-state index contributed by atoms with van der Waals surface area (Å²) in [7, 11) is 0. The first-order chi connectivity index (χ1) is 5.74. The molecule has 0 bridgehead atoms.